The van der Waals surface area contributed by atoms with Gasteiger partial charge < -0.3 is 4.74 Å². The van der Waals surface area contributed by atoms with Gasteiger partial charge in [0.25, 0.3) is 5.69 Å². The van der Waals surface area contributed by atoms with E-state index in [1.54, 1.807) is 12.1 Å². The number of hydrogen-bond donors (Lipinski definition) is 0. The maximum atomic E-state index is 12.7. The molecule has 1 aliphatic rings. The van der Waals surface area contributed by atoms with Crippen LogP contribution in [0.5, 0.6) is 0 Å². The highest BCUT2D eigenvalue weighted by Crippen LogP contribution is 2.40. The van der Waals surface area contributed by atoms with E-state index < -0.39 is 23.3 Å². The fraction of sp³-hybridized carbons (Fsp3) is 0.190. The zero-order chi connectivity index (χ0) is 19.7. The lowest BCUT2D eigenvalue weighted by molar-refractivity contribution is -0.384. The third kappa shape index (κ3) is 3.59. The summed E-state index contributed by atoms with van der Waals surface area (Å²) in [6.07, 6.45) is 2.09. The fourth-order valence-corrected chi connectivity index (χ4v) is 3.04. The number of esters is 1. The molecule has 0 radical (unpaired) electrons. The van der Waals surface area contributed by atoms with Gasteiger partial charge in [-0.25, -0.2) is 4.79 Å². The first-order chi connectivity index (χ1) is 13.5. The number of benzene rings is 2. The summed E-state index contributed by atoms with van der Waals surface area (Å²) in [5.41, 5.74) is 1.88. The van der Waals surface area contributed by atoms with Crippen LogP contribution < -0.4 is 0 Å². The van der Waals surface area contributed by atoms with Crippen LogP contribution in [0.4, 0.5) is 5.69 Å². The number of nitro benzene ring substituents is 1. The molecule has 0 atom stereocenters. The van der Waals surface area contributed by atoms with Gasteiger partial charge in [0.1, 0.15) is 0 Å². The molecule has 7 heteroatoms. The van der Waals surface area contributed by atoms with Crippen molar-refractivity contribution in [3.05, 3.63) is 81.5 Å². The molecule has 0 bridgehead atoms. The van der Waals surface area contributed by atoms with E-state index in [0.29, 0.717) is 22.4 Å². The van der Waals surface area contributed by atoms with E-state index in [1.807, 2.05) is 18.2 Å². The van der Waals surface area contributed by atoms with E-state index >= 15 is 0 Å². The first-order valence-electron chi connectivity index (χ1n) is 8.87. The minimum Gasteiger partial charge on any atom is -0.454 e. The summed E-state index contributed by atoms with van der Waals surface area (Å²) in [4.78, 5) is 39.8. The molecule has 4 rings (SSSR count). The number of pyridine rings is 1. The van der Waals surface area contributed by atoms with Crippen molar-refractivity contribution in [1.29, 1.82) is 0 Å². The van der Waals surface area contributed by atoms with Crippen molar-refractivity contribution in [1.82, 2.24) is 4.98 Å². The number of non-ortho nitro benzene ring substituents is 1. The lowest BCUT2D eigenvalue weighted by Gasteiger charge is -2.09. The SMILES string of the molecule is O=C(COC(=O)c1cc(C2CC2)nc2ccccc12)c1cccc([N+](=O)[O-])c1. The number of fused-ring (bicyclic) bond motifs is 1. The lowest BCUT2D eigenvalue weighted by atomic mass is 10.1. The van der Waals surface area contributed by atoms with Gasteiger partial charge in [0.2, 0.25) is 5.78 Å². The van der Waals surface area contributed by atoms with Crippen LogP contribution in [0.1, 0.15) is 45.2 Å². The molecular formula is C21H16N2O5. The van der Waals surface area contributed by atoms with Gasteiger partial charge in [0.15, 0.2) is 6.61 Å². The second-order valence-corrected chi connectivity index (χ2v) is 6.69. The molecule has 7 nitrogen and oxygen atoms in total. The molecule has 1 aromatic heterocycles. The summed E-state index contributed by atoms with van der Waals surface area (Å²) < 4.78 is 5.22. The molecule has 0 saturated heterocycles. The molecule has 0 spiro atoms. The Labute approximate surface area is 160 Å². The lowest BCUT2D eigenvalue weighted by Crippen LogP contribution is -2.15. The van der Waals surface area contributed by atoms with Crippen molar-refractivity contribution in [3.8, 4) is 0 Å². The van der Waals surface area contributed by atoms with Gasteiger partial charge in [0.05, 0.1) is 16.0 Å². The quantitative estimate of drug-likeness (QED) is 0.278. The highest BCUT2D eigenvalue weighted by atomic mass is 16.6. The van der Waals surface area contributed by atoms with E-state index in [0.717, 1.165) is 18.5 Å². The molecule has 140 valence electrons. The Morgan fingerprint density at radius 2 is 1.89 bits per heavy atom. The first kappa shape index (κ1) is 17.8. The Bertz CT molecular complexity index is 1100. The van der Waals surface area contributed by atoms with Crippen LogP contribution in [-0.2, 0) is 4.74 Å². The van der Waals surface area contributed by atoms with E-state index in [2.05, 4.69) is 4.98 Å². The monoisotopic (exact) mass is 376 g/mol. The molecule has 1 heterocycles. The number of ketones is 1. The first-order valence-corrected chi connectivity index (χ1v) is 8.87. The summed E-state index contributed by atoms with van der Waals surface area (Å²) in [6, 6.07) is 14.4. The molecule has 1 aliphatic carbocycles. The highest BCUT2D eigenvalue weighted by Gasteiger charge is 2.27. The zero-order valence-electron chi connectivity index (χ0n) is 14.8. The summed E-state index contributed by atoms with van der Waals surface area (Å²) in [5.74, 6) is -0.750. The molecule has 0 aliphatic heterocycles. The Hall–Kier alpha value is -3.61. The van der Waals surface area contributed by atoms with Gasteiger partial charge in [-0.2, -0.15) is 0 Å². The van der Waals surface area contributed by atoms with Crippen LogP contribution in [0.2, 0.25) is 0 Å². The third-order valence-electron chi connectivity index (χ3n) is 4.66. The molecule has 2 aromatic carbocycles. The minimum absolute atomic E-state index is 0.125. The molecule has 0 unspecified atom stereocenters. The van der Waals surface area contributed by atoms with Crippen molar-refractivity contribution in [3.63, 3.8) is 0 Å². The van der Waals surface area contributed by atoms with Crippen molar-refractivity contribution in [2.24, 2.45) is 0 Å². The summed E-state index contributed by atoms with van der Waals surface area (Å²) in [7, 11) is 0. The number of Topliss-reactive ketones (excluding diaryl/α,β-unsaturated/α-hetero) is 1. The second-order valence-electron chi connectivity index (χ2n) is 6.69. The van der Waals surface area contributed by atoms with E-state index in [-0.39, 0.29) is 11.3 Å². The van der Waals surface area contributed by atoms with E-state index in [4.69, 9.17) is 4.74 Å². The highest BCUT2D eigenvalue weighted by molar-refractivity contribution is 6.05. The van der Waals surface area contributed by atoms with Crippen molar-refractivity contribution in [2.45, 2.75) is 18.8 Å². The number of carbonyl (C=O) groups excluding carboxylic acids is 2. The number of nitrogens with zero attached hydrogens (tertiary/aromatic N) is 2. The van der Waals surface area contributed by atoms with Gasteiger partial charge in [-0.3, -0.25) is 19.9 Å². The van der Waals surface area contributed by atoms with Crippen molar-refractivity contribution >= 4 is 28.3 Å². The number of carbonyl (C=O) groups is 2. The van der Waals surface area contributed by atoms with Gasteiger partial charge in [-0.05, 0) is 25.0 Å². The topological polar surface area (TPSA) is 99.4 Å². The molecule has 28 heavy (non-hydrogen) atoms. The molecule has 1 saturated carbocycles. The number of nitro groups is 1. The maximum Gasteiger partial charge on any atom is 0.339 e. The number of para-hydroxylation sites is 1. The molecule has 1 fully saturated rings. The third-order valence-corrected chi connectivity index (χ3v) is 4.66. The normalized spacial score (nSPS) is 13.3. The Morgan fingerprint density at radius 3 is 2.64 bits per heavy atom. The molecule has 0 N–H and O–H groups in total. The standard InChI is InChI=1S/C21H16N2O5/c24-20(14-4-3-5-15(10-14)23(26)27)12-28-21(25)17-11-19(13-8-9-13)22-18-7-2-1-6-16(17)18/h1-7,10-11,13H,8-9,12H2. The van der Waals surface area contributed by atoms with Crippen LogP contribution in [0.3, 0.4) is 0 Å². The van der Waals surface area contributed by atoms with E-state index in [1.165, 1.54) is 24.3 Å². The van der Waals surface area contributed by atoms with Crippen LogP contribution in [0.25, 0.3) is 10.9 Å². The average molecular weight is 376 g/mol. The summed E-state index contributed by atoms with van der Waals surface area (Å²) in [6.45, 7) is -0.491. The summed E-state index contributed by atoms with van der Waals surface area (Å²) in [5, 5.41) is 11.5. The number of hydrogen-bond acceptors (Lipinski definition) is 6. The Morgan fingerprint density at radius 1 is 1.11 bits per heavy atom. The van der Waals surface area contributed by atoms with Crippen LogP contribution in [-0.4, -0.2) is 28.3 Å². The van der Waals surface area contributed by atoms with Crippen LogP contribution >= 0.6 is 0 Å². The Kier molecular flexibility index (Phi) is 4.57. The van der Waals surface area contributed by atoms with E-state index in [9.17, 15) is 19.7 Å². The summed E-state index contributed by atoms with van der Waals surface area (Å²) >= 11 is 0. The number of rotatable bonds is 6. The molecule has 0 amide bonds. The van der Waals surface area contributed by atoms with Gasteiger partial charge in [0, 0.05) is 34.7 Å². The molecular weight excluding hydrogens is 360 g/mol. The zero-order valence-corrected chi connectivity index (χ0v) is 14.8. The fourth-order valence-electron chi connectivity index (χ4n) is 3.04. The van der Waals surface area contributed by atoms with Gasteiger partial charge in [-0.1, -0.05) is 30.3 Å². The second kappa shape index (κ2) is 7.19. The minimum atomic E-state index is -0.612. The smallest absolute Gasteiger partial charge is 0.339 e. The predicted molar refractivity (Wildman–Crippen MR) is 101 cm³/mol. The van der Waals surface area contributed by atoms with Gasteiger partial charge >= 0.3 is 5.97 Å². The van der Waals surface area contributed by atoms with Gasteiger partial charge in [-0.15, -0.1) is 0 Å². The predicted octanol–water partition coefficient (Wildman–Crippen LogP) is 4.06. The number of ether oxygens (including phenoxy) is 1. The van der Waals surface area contributed by atoms with Crippen LogP contribution in [0.15, 0.2) is 54.6 Å². The number of aromatic nitrogens is 1. The average Bonchev–Trinajstić information content (AvgIpc) is 3.56. The van der Waals surface area contributed by atoms with Crippen molar-refractivity contribution in [2.75, 3.05) is 6.61 Å². The van der Waals surface area contributed by atoms with Crippen LogP contribution in [0, 0.1) is 10.1 Å². The van der Waals surface area contributed by atoms with Crippen molar-refractivity contribution < 1.29 is 19.2 Å². The molecule has 3 aromatic rings. The largest absolute Gasteiger partial charge is 0.454 e. The Balaban J connectivity index is 1.55. The maximum absolute atomic E-state index is 12.7.